The number of piperidine rings is 1. The van der Waals surface area contributed by atoms with Crippen LogP contribution in [-0.4, -0.2) is 41.0 Å². The monoisotopic (exact) mass is 400 g/mol. The number of carbonyl (C=O) groups excluding carboxylic acids is 2. The van der Waals surface area contributed by atoms with Crippen molar-refractivity contribution in [3.05, 3.63) is 45.9 Å². The summed E-state index contributed by atoms with van der Waals surface area (Å²) in [5, 5.41) is 6.90. The smallest absolute Gasteiger partial charge is 0.319 e. The molecule has 1 aromatic carbocycles. The van der Waals surface area contributed by atoms with Crippen LogP contribution in [0, 0.1) is 6.92 Å². The van der Waals surface area contributed by atoms with E-state index < -0.39 is 0 Å². The second-order valence-corrected chi connectivity index (χ2v) is 8.24. The molecule has 1 fully saturated rings. The van der Waals surface area contributed by atoms with Crippen molar-refractivity contribution >= 4 is 29.0 Å². The first-order valence-corrected chi connectivity index (χ1v) is 10.8. The zero-order valence-electron chi connectivity index (χ0n) is 16.5. The first kappa shape index (κ1) is 20.3. The molecule has 0 radical (unpaired) electrons. The molecule has 0 bridgehead atoms. The lowest BCUT2D eigenvalue weighted by molar-refractivity contribution is 0.0713. The Kier molecular flexibility index (Phi) is 7.03. The maximum Gasteiger partial charge on any atom is 0.319 e. The third-order valence-corrected chi connectivity index (χ3v) is 6.13. The molecule has 3 amide bonds. The van der Waals surface area contributed by atoms with Crippen molar-refractivity contribution in [3.8, 4) is 0 Å². The van der Waals surface area contributed by atoms with Crippen LogP contribution in [0.1, 0.15) is 53.0 Å². The number of unbranched alkanes of at least 4 members (excludes halogenated alkanes) is 1. The van der Waals surface area contributed by atoms with Crippen molar-refractivity contribution in [2.75, 3.05) is 18.4 Å². The van der Waals surface area contributed by atoms with E-state index in [0.717, 1.165) is 53.4 Å². The number of urea groups is 1. The van der Waals surface area contributed by atoms with Crippen LogP contribution in [-0.2, 0) is 6.42 Å². The number of aromatic nitrogens is 1. The number of likely N-dealkylation sites (tertiary alicyclic amines) is 1. The van der Waals surface area contributed by atoms with Gasteiger partial charge in [0.1, 0.15) is 4.88 Å². The summed E-state index contributed by atoms with van der Waals surface area (Å²) >= 11 is 1.53. The molecule has 1 saturated heterocycles. The molecule has 28 heavy (non-hydrogen) atoms. The average Bonchev–Trinajstić information content (AvgIpc) is 3.07. The number of aryl methyl sites for hydroxylation is 2. The zero-order chi connectivity index (χ0) is 19.9. The van der Waals surface area contributed by atoms with Crippen molar-refractivity contribution in [1.82, 2.24) is 15.2 Å². The van der Waals surface area contributed by atoms with Gasteiger partial charge in [0, 0.05) is 24.8 Å². The van der Waals surface area contributed by atoms with Gasteiger partial charge in [-0.15, -0.1) is 11.3 Å². The highest BCUT2D eigenvalue weighted by Gasteiger charge is 2.27. The highest BCUT2D eigenvalue weighted by atomic mass is 32.1. The molecule has 0 aliphatic carbocycles. The summed E-state index contributed by atoms with van der Waals surface area (Å²) in [5.41, 5.74) is 1.61. The molecule has 1 aliphatic heterocycles. The molecule has 0 spiro atoms. The summed E-state index contributed by atoms with van der Waals surface area (Å²) in [4.78, 5) is 32.2. The van der Waals surface area contributed by atoms with E-state index in [1.165, 1.54) is 11.3 Å². The van der Waals surface area contributed by atoms with E-state index in [4.69, 9.17) is 0 Å². The van der Waals surface area contributed by atoms with Crippen LogP contribution < -0.4 is 10.6 Å². The van der Waals surface area contributed by atoms with Gasteiger partial charge < -0.3 is 15.5 Å². The maximum atomic E-state index is 12.9. The zero-order valence-corrected chi connectivity index (χ0v) is 17.3. The lowest BCUT2D eigenvalue weighted by Crippen LogP contribution is -2.47. The molecule has 2 aromatic rings. The van der Waals surface area contributed by atoms with Crippen LogP contribution in [0.3, 0.4) is 0 Å². The number of para-hydroxylation sites is 1. The molecule has 0 saturated carbocycles. The quantitative estimate of drug-likeness (QED) is 0.762. The third-order valence-electron chi connectivity index (χ3n) is 4.93. The minimum atomic E-state index is -0.199. The predicted octanol–water partition coefficient (Wildman–Crippen LogP) is 4.22. The van der Waals surface area contributed by atoms with Crippen molar-refractivity contribution < 1.29 is 9.59 Å². The Bertz CT molecular complexity index is 798. The summed E-state index contributed by atoms with van der Waals surface area (Å²) in [5.74, 6) is 0.0740. The fourth-order valence-electron chi connectivity index (χ4n) is 3.33. The Morgan fingerprint density at radius 3 is 2.61 bits per heavy atom. The number of amides is 3. The van der Waals surface area contributed by atoms with Gasteiger partial charge in [0.2, 0.25) is 0 Å². The van der Waals surface area contributed by atoms with E-state index in [0.29, 0.717) is 13.1 Å². The van der Waals surface area contributed by atoms with Gasteiger partial charge in [0.05, 0.1) is 10.7 Å². The number of anilines is 1. The van der Waals surface area contributed by atoms with Gasteiger partial charge in [-0.25, -0.2) is 9.78 Å². The number of thiazole rings is 1. The Morgan fingerprint density at radius 1 is 1.21 bits per heavy atom. The van der Waals surface area contributed by atoms with Gasteiger partial charge in [0.15, 0.2) is 0 Å². The van der Waals surface area contributed by atoms with Crippen molar-refractivity contribution in [2.24, 2.45) is 0 Å². The summed E-state index contributed by atoms with van der Waals surface area (Å²) in [7, 11) is 0. The number of carbonyl (C=O) groups is 2. The topological polar surface area (TPSA) is 74.3 Å². The summed E-state index contributed by atoms with van der Waals surface area (Å²) in [6.45, 7) is 5.37. The molecule has 1 aliphatic rings. The van der Waals surface area contributed by atoms with Gasteiger partial charge >= 0.3 is 6.03 Å². The normalized spacial score (nSPS) is 14.7. The van der Waals surface area contributed by atoms with Crippen LogP contribution in [0.5, 0.6) is 0 Å². The van der Waals surface area contributed by atoms with E-state index in [9.17, 15) is 9.59 Å². The highest BCUT2D eigenvalue weighted by molar-refractivity contribution is 7.13. The first-order chi connectivity index (χ1) is 13.6. The van der Waals surface area contributed by atoms with E-state index >= 15 is 0 Å². The number of rotatable bonds is 6. The second-order valence-electron chi connectivity index (χ2n) is 7.16. The number of nitrogens with one attached hydrogen (secondary N) is 2. The molecule has 7 heteroatoms. The summed E-state index contributed by atoms with van der Waals surface area (Å²) < 4.78 is 0. The second kappa shape index (κ2) is 9.68. The van der Waals surface area contributed by atoms with E-state index in [-0.39, 0.29) is 18.0 Å². The fourth-order valence-corrected chi connectivity index (χ4v) is 4.40. The molecule has 6 nitrogen and oxygen atoms in total. The van der Waals surface area contributed by atoms with Crippen molar-refractivity contribution in [3.63, 3.8) is 0 Å². The lowest BCUT2D eigenvalue weighted by atomic mass is 10.0. The lowest BCUT2D eigenvalue weighted by Gasteiger charge is -2.32. The number of nitrogens with zero attached hydrogens (tertiary/aromatic N) is 2. The largest absolute Gasteiger partial charge is 0.338 e. The van der Waals surface area contributed by atoms with Crippen LogP contribution in [0.2, 0.25) is 0 Å². The molecule has 3 rings (SSSR count). The van der Waals surface area contributed by atoms with Crippen LogP contribution in [0.25, 0.3) is 0 Å². The van der Waals surface area contributed by atoms with E-state index in [2.05, 4.69) is 22.5 Å². The molecular weight excluding hydrogens is 372 g/mol. The van der Waals surface area contributed by atoms with Gasteiger partial charge in [-0.2, -0.15) is 0 Å². The number of hydrogen-bond acceptors (Lipinski definition) is 4. The van der Waals surface area contributed by atoms with Gasteiger partial charge in [-0.3, -0.25) is 4.79 Å². The average molecular weight is 401 g/mol. The van der Waals surface area contributed by atoms with Gasteiger partial charge in [-0.1, -0.05) is 31.5 Å². The van der Waals surface area contributed by atoms with Crippen molar-refractivity contribution in [1.29, 1.82) is 0 Å². The molecule has 150 valence electrons. The molecular formula is C21H28N4O2S. The van der Waals surface area contributed by atoms with Crippen molar-refractivity contribution in [2.45, 2.75) is 52.0 Å². The number of benzene rings is 1. The minimum absolute atomic E-state index is 0.0740. The number of hydrogen-bond donors (Lipinski definition) is 2. The fraction of sp³-hybridized carbons (Fsp3) is 0.476. The SMILES string of the molecule is CCCCc1nc(C)c(C(=O)N2CCC(NC(=O)Nc3ccccc3)CC2)s1. The summed E-state index contributed by atoms with van der Waals surface area (Å²) in [6, 6.07) is 9.27. The Labute approximate surface area is 170 Å². The molecule has 0 atom stereocenters. The molecule has 1 aromatic heterocycles. The van der Waals surface area contributed by atoms with Crippen LogP contribution >= 0.6 is 11.3 Å². The Morgan fingerprint density at radius 2 is 1.93 bits per heavy atom. The highest BCUT2D eigenvalue weighted by Crippen LogP contribution is 2.23. The molecule has 0 unspecified atom stereocenters. The Balaban J connectivity index is 1.49. The molecule has 2 N–H and O–H groups in total. The maximum absolute atomic E-state index is 12.9. The van der Waals surface area contributed by atoms with Crippen LogP contribution in [0.15, 0.2) is 30.3 Å². The summed E-state index contributed by atoms with van der Waals surface area (Å²) in [6.07, 6.45) is 4.68. The van der Waals surface area contributed by atoms with Gasteiger partial charge in [0.25, 0.3) is 5.91 Å². The standard InChI is InChI=1S/C21H28N4O2S/c1-3-4-10-18-22-15(2)19(28-18)20(26)25-13-11-17(12-14-25)24-21(27)23-16-8-6-5-7-9-16/h5-9,17H,3-4,10-14H2,1-2H3,(H2,23,24,27). The van der Waals surface area contributed by atoms with Gasteiger partial charge in [-0.05, 0) is 44.7 Å². The predicted molar refractivity (Wildman–Crippen MR) is 113 cm³/mol. The molecule has 2 heterocycles. The van der Waals surface area contributed by atoms with E-state index in [1.807, 2.05) is 42.2 Å². The third kappa shape index (κ3) is 5.32. The van der Waals surface area contributed by atoms with Crippen LogP contribution in [0.4, 0.5) is 10.5 Å². The first-order valence-electron chi connectivity index (χ1n) is 9.95. The Hall–Kier alpha value is -2.41. The van der Waals surface area contributed by atoms with E-state index in [1.54, 1.807) is 0 Å². The minimum Gasteiger partial charge on any atom is -0.338 e.